The van der Waals surface area contributed by atoms with E-state index in [2.05, 4.69) is 45.6 Å². The topological polar surface area (TPSA) is 38.8 Å². The number of hydrogen-bond acceptors (Lipinski definition) is 3. The molecule has 0 saturated carbocycles. The zero-order valence-corrected chi connectivity index (χ0v) is 11.8. The Bertz CT molecular complexity index is 442. The van der Waals surface area contributed by atoms with Crippen LogP contribution in [0.25, 0.3) is 0 Å². The summed E-state index contributed by atoms with van der Waals surface area (Å²) >= 11 is 0. The summed E-state index contributed by atoms with van der Waals surface area (Å²) in [7, 11) is 0. The first-order chi connectivity index (χ1) is 9.83. The zero-order chi connectivity index (χ0) is 13.8. The lowest BCUT2D eigenvalue weighted by atomic mass is 10.2. The average Bonchev–Trinajstić information content (AvgIpc) is 2.50. The van der Waals surface area contributed by atoms with Gasteiger partial charge in [-0.3, -0.25) is 9.91 Å². The molecular weight excluding hydrogens is 252 g/mol. The SMILES string of the molecule is O=C1NCCCN1N1CCN(Cc2ccccc2)CC1. The van der Waals surface area contributed by atoms with Crippen LogP contribution in [0.3, 0.4) is 0 Å². The highest BCUT2D eigenvalue weighted by Gasteiger charge is 2.27. The van der Waals surface area contributed by atoms with E-state index in [9.17, 15) is 4.79 Å². The predicted molar refractivity (Wildman–Crippen MR) is 78.0 cm³/mol. The molecule has 0 aliphatic carbocycles. The van der Waals surface area contributed by atoms with E-state index < -0.39 is 0 Å². The second-order valence-corrected chi connectivity index (χ2v) is 5.42. The maximum Gasteiger partial charge on any atom is 0.331 e. The van der Waals surface area contributed by atoms with Crippen LogP contribution in [0.2, 0.25) is 0 Å². The number of hydrogen-bond donors (Lipinski definition) is 1. The van der Waals surface area contributed by atoms with E-state index in [-0.39, 0.29) is 6.03 Å². The number of carbonyl (C=O) groups is 1. The lowest BCUT2D eigenvalue weighted by Crippen LogP contribution is -2.59. The molecule has 1 aromatic carbocycles. The van der Waals surface area contributed by atoms with Crippen LogP contribution in [-0.4, -0.2) is 60.2 Å². The summed E-state index contributed by atoms with van der Waals surface area (Å²) in [6, 6.07) is 10.6. The average molecular weight is 274 g/mol. The summed E-state index contributed by atoms with van der Waals surface area (Å²) in [4.78, 5) is 14.3. The van der Waals surface area contributed by atoms with Crippen LogP contribution < -0.4 is 5.32 Å². The fourth-order valence-corrected chi connectivity index (χ4v) is 2.87. The monoisotopic (exact) mass is 274 g/mol. The van der Waals surface area contributed by atoms with Crippen molar-refractivity contribution in [3.8, 4) is 0 Å². The minimum absolute atomic E-state index is 0.0627. The van der Waals surface area contributed by atoms with Gasteiger partial charge in [-0.25, -0.2) is 9.80 Å². The molecule has 0 radical (unpaired) electrons. The lowest BCUT2D eigenvalue weighted by molar-refractivity contribution is -0.0317. The lowest BCUT2D eigenvalue weighted by Gasteiger charge is -2.42. The van der Waals surface area contributed by atoms with Crippen molar-refractivity contribution in [3.05, 3.63) is 35.9 Å². The van der Waals surface area contributed by atoms with Crippen LogP contribution in [-0.2, 0) is 6.54 Å². The van der Waals surface area contributed by atoms with Crippen molar-refractivity contribution < 1.29 is 4.79 Å². The summed E-state index contributed by atoms with van der Waals surface area (Å²) in [5.41, 5.74) is 1.36. The van der Waals surface area contributed by atoms with Crippen LogP contribution in [0.1, 0.15) is 12.0 Å². The molecule has 2 heterocycles. The first-order valence-corrected chi connectivity index (χ1v) is 7.39. The number of carbonyl (C=O) groups excluding carboxylic acids is 1. The highest BCUT2D eigenvalue weighted by Crippen LogP contribution is 2.12. The van der Waals surface area contributed by atoms with Crippen molar-refractivity contribution in [2.24, 2.45) is 0 Å². The molecular formula is C15H22N4O. The van der Waals surface area contributed by atoms with Gasteiger partial charge < -0.3 is 5.32 Å². The van der Waals surface area contributed by atoms with Crippen molar-refractivity contribution in [1.29, 1.82) is 0 Å². The number of hydrazine groups is 1. The van der Waals surface area contributed by atoms with Crippen LogP contribution in [0, 0.1) is 0 Å². The van der Waals surface area contributed by atoms with Crippen LogP contribution >= 0.6 is 0 Å². The van der Waals surface area contributed by atoms with E-state index in [1.807, 2.05) is 5.01 Å². The summed E-state index contributed by atoms with van der Waals surface area (Å²) in [5, 5.41) is 6.98. The molecule has 108 valence electrons. The number of rotatable bonds is 3. The number of nitrogens with one attached hydrogen (secondary N) is 1. The molecule has 0 unspecified atom stereocenters. The molecule has 2 aliphatic rings. The van der Waals surface area contributed by atoms with Crippen molar-refractivity contribution >= 4 is 6.03 Å². The van der Waals surface area contributed by atoms with E-state index >= 15 is 0 Å². The van der Waals surface area contributed by atoms with Gasteiger partial charge in [-0.05, 0) is 12.0 Å². The van der Waals surface area contributed by atoms with Gasteiger partial charge in [-0.1, -0.05) is 30.3 Å². The predicted octanol–water partition coefficient (Wildman–Crippen LogP) is 1.13. The number of amides is 2. The maximum atomic E-state index is 11.8. The maximum absolute atomic E-state index is 11.8. The Morgan fingerprint density at radius 3 is 2.45 bits per heavy atom. The molecule has 0 aromatic heterocycles. The molecule has 5 heteroatoms. The quantitative estimate of drug-likeness (QED) is 0.898. The zero-order valence-electron chi connectivity index (χ0n) is 11.8. The smallest absolute Gasteiger partial charge is 0.331 e. The van der Waals surface area contributed by atoms with Gasteiger partial charge in [0.05, 0.1) is 0 Å². The molecule has 1 N–H and O–H groups in total. The van der Waals surface area contributed by atoms with Crippen LogP contribution in [0.15, 0.2) is 30.3 Å². The Morgan fingerprint density at radius 2 is 1.75 bits per heavy atom. The molecule has 2 amide bonds. The van der Waals surface area contributed by atoms with Crippen LogP contribution in [0.4, 0.5) is 4.79 Å². The fraction of sp³-hybridized carbons (Fsp3) is 0.533. The third kappa shape index (κ3) is 3.11. The molecule has 3 rings (SSSR count). The largest absolute Gasteiger partial charge is 0.337 e. The van der Waals surface area contributed by atoms with Gasteiger partial charge in [-0.2, -0.15) is 0 Å². The van der Waals surface area contributed by atoms with E-state index in [1.54, 1.807) is 0 Å². The van der Waals surface area contributed by atoms with E-state index in [4.69, 9.17) is 0 Å². The summed E-state index contributed by atoms with van der Waals surface area (Å²) in [6.07, 6.45) is 1.04. The highest BCUT2D eigenvalue weighted by atomic mass is 16.2. The van der Waals surface area contributed by atoms with E-state index in [0.717, 1.165) is 52.2 Å². The fourth-order valence-electron chi connectivity index (χ4n) is 2.87. The van der Waals surface area contributed by atoms with Gasteiger partial charge in [0, 0.05) is 45.8 Å². The molecule has 1 aromatic rings. The molecule has 0 bridgehead atoms. The van der Waals surface area contributed by atoms with Gasteiger partial charge in [0.15, 0.2) is 0 Å². The molecule has 2 aliphatic heterocycles. The second kappa shape index (κ2) is 6.24. The molecule has 0 spiro atoms. The number of piperazine rings is 1. The molecule has 20 heavy (non-hydrogen) atoms. The Labute approximate surface area is 120 Å². The van der Waals surface area contributed by atoms with Gasteiger partial charge >= 0.3 is 6.03 Å². The highest BCUT2D eigenvalue weighted by molar-refractivity contribution is 5.74. The van der Waals surface area contributed by atoms with Gasteiger partial charge in [0.1, 0.15) is 0 Å². The number of benzene rings is 1. The normalized spacial score (nSPS) is 21.8. The Kier molecular flexibility index (Phi) is 4.18. The first-order valence-electron chi connectivity index (χ1n) is 7.39. The molecule has 0 atom stereocenters. The van der Waals surface area contributed by atoms with Crippen molar-refractivity contribution in [1.82, 2.24) is 20.2 Å². The standard InChI is InChI=1S/C15H22N4O/c20-15-16-7-4-8-19(15)18-11-9-17(10-12-18)13-14-5-2-1-3-6-14/h1-3,5-6H,4,7-13H2,(H,16,20). The van der Waals surface area contributed by atoms with Gasteiger partial charge in [0.25, 0.3) is 0 Å². The third-order valence-corrected chi connectivity index (χ3v) is 4.00. The molecule has 2 saturated heterocycles. The summed E-state index contributed by atoms with van der Waals surface area (Å²) in [5.74, 6) is 0. The Balaban J connectivity index is 1.50. The van der Waals surface area contributed by atoms with Crippen LogP contribution in [0.5, 0.6) is 0 Å². The van der Waals surface area contributed by atoms with Crippen molar-refractivity contribution in [2.45, 2.75) is 13.0 Å². The molecule has 2 fully saturated rings. The third-order valence-electron chi connectivity index (χ3n) is 4.00. The minimum atomic E-state index is 0.0627. The minimum Gasteiger partial charge on any atom is -0.337 e. The van der Waals surface area contributed by atoms with E-state index in [1.165, 1.54) is 5.56 Å². The number of nitrogens with zero attached hydrogens (tertiary/aromatic N) is 3. The Morgan fingerprint density at radius 1 is 1.00 bits per heavy atom. The van der Waals surface area contributed by atoms with E-state index in [0.29, 0.717) is 0 Å². The van der Waals surface area contributed by atoms with Crippen molar-refractivity contribution in [3.63, 3.8) is 0 Å². The Hall–Kier alpha value is -1.59. The van der Waals surface area contributed by atoms with Gasteiger partial charge in [-0.15, -0.1) is 0 Å². The summed E-state index contributed by atoms with van der Waals surface area (Å²) in [6.45, 7) is 6.55. The van der Waals surface area contributed by atoms with Crippen molar-refractivity contribution in [2.75, 3.05) is 39.3 Å². The van der Waals surface area contributed by atoms with Gasteiger partial charge in [0.2, 0.25) is 0 Å². The summed E-state index contributed by atoms with van der Waals surface area (Å²) < 4.78 is 0. The first kappa shape index (κ1) is 13.4. The number of urea groups is 1. The molecule has 5 nitrogen and oxygen atoms in total. The second-order valence-electron chi connectivity index (χ2n) is 5.42.